The molecule has 0 saturated carbocycles. The summed E-state index contributed by atoms with van der Waals surface area (Å²) in [5, 5.41) is 2.61. The molecule has 0 spiro atoms. The first-order valence-electron chi connectivity index (χ1n) is 6.89. The van der Waals surface area contributed by atoms with Crippen molar-refractivity contribution in [1.29, 1.82) is 0 Å². The molecule has 0 radical (unpaired) electrons. The molecule has 0 aromatic rings. The number of nitrogens with zero attached hydrogens (tertiary/aromatic N) is 1. The maximum atomic E-state index is 11.8. The third-order valence-electron chi connectivity index (χ3n) is 2.47. The van der Waals surface area contributed by atoms with Crippen LogP contribution in [0.2, 0.25) is 0 Å². The normalized spacial score (nSPS) is 9.75. The molecule has 0 saturated heterocycles. The first-order valence-corrected chi connectivity index (χ1v) is 6.89. The van der Waals surface area contributed by atoms with Crippen molar-refractivity contribution in [3.63, 3.8) is 0 Å². The molecule has 1 N–H and O–H groups in total. The van der Waals surface area contributed by atoms with Crippen LogP contribution in [0.25, 0.3) is 0 Å². The number of ether oxygens (including phenoxy) is 2. The molecule has 7 nitrogen and oxygen atoms in total. The van der Waals surface area contributed by atoms with Gasteiger partial charge >= 0.3 is 18.0 Å². The van der Waals surface area contributed by atoms with E-state index in [1.807, 2.05) is 6.92 Å². The van der Waals surface area contributed by atoms with Gasteiger partial charge in [-0.25, -0.2) is 4.79 Å². The van der Waals surface area contributed by atoms with Crippen LogP contribution < -0.4 is 5.32 Å². The fourth-order valence-corrected chi connectivity index (χ4v) is 1.48. The third-order valence-corrected chi connectivity index (χ3v) is 2.47. The minimum absolute atomic E-state index is 0.134. The van der Waals surface area contributed by atoms with Crippen LogP contribution in [0.4, 0.5) is 4.79 Å². The third kappa shape index (κ3) is 8.34. The Balaban J connectivity index is 3.96. The van der Waals surface area contributed by atoms with Crippen LogP contribution in [-0.2, 0) is 19.1 Å². The molecule has 0 unspecified atom stereocenters. The van der Waals surface area contributed by atoms with Gasteiger partial charge in [-0.2, -0.15) is 0 Å². The molecule has 0 aliphatic rings. The van der Waals surface area contributed by atoms with Gasteiger partial charge in [0, 0.05) is 19.6 Å². The van der Waals surface area contributed by atoms with E-state index in [1.165, 1.54) is 4.90 Å². The highest BCUT2D eigenvalue weighted by molar-refractivity contribution is 5.76. The smallest absolute Gasteiger partial charge is 0.317 e. The maximum absolute atomic E-state index is 11.8. The van der Waals surface area contributed by atoms with Gasteiger partial charge in [0.15, 0.2) is 0 Å². The van der Waals surface area contributed by atoms with Crippen LogP contribution in [0, 0.1) is 0 Å². The van der Waals surface area contributed by atoms with Crippen LogP contribution in [0.5, 0.6) is 0 Å². The molecule has 0 aliphatic carbocycles. The Hall–Kier alpha value is -1.79. The quantitative estimate of drug-likeness (QED) is 0.638. The van der Waals surface area contributed by atoms with E-state index < -0.39 is 0 Å². The molecule has 0 aromatic carbocycles. The highest BCUT2D eigenvalue weighted by Gasteiger charge is 2.13. The van der Waals surface area contributed by atoms with E-state index >= 15 is 0 Å². The number of rotatable bonds is 9. The Kier molecular flexibility index (Phi) is 10.1. The standard InChI is InChI=1S/C13H24N2O5/c1-4-15(10-8-12(17)20-6-3)13(18)14-9-7-11(16)19-5-2/h4-10H2,1-3H3,(H,14,18). The highest BCUT2D eigenvalue weighted by atomic mass is 16.5. The fourth-order valence-electron chi connectivity index (χ4n) is 1.48. The number of hydrogen-bond donors (Lipinski definition) is 1. The molecule has 0 atom stereocenters. The van der Waals surface area contributed by atoms with Crippen molar-refractivity contribution in [1.82, 2.24) is 10.2 Å². The summed E-state index contributed by atoms with van der Waals surface area (Å²) in [6.45, 7) is 6.92. The van der Waals surface area contributed by atoms with Gasteiger partial charge in [0.1, 0.15) is 0 Å². The van der Waals surface area contributed by atoms with E-state index in [0.717, 1.165) is 0 Å². The van der Waals surface area contributed by atoms with Crippen LogP contribution in [-0.4, -0.2) is 55.7 Å². The summed E-state index contributed by atoms with van der Waals surface area (Å²) in [6.07, 6.45) is 0.294. The molecule has 0 heterocycles. The number of carbonyl (C=O) groups is 3. The highest BCUT2D eigenvalue weighted by Crippen LogP contribution is 1.95. The minimum atomic E-state index is -0.345. The first kappa shape index (κ1) is 18.2. The average molecular weight is 288 g/mol. The van der Waals surface area contributed by atoms with E-state index in [0.29, 0.717) is 26.3 Å². The van der Waals surface area contributed by atoms with Gasteiger partial charge < -0.3 is 19.7 Å². The second-order valence-electron chi connectivity index (χ2n) is 3.92. The SMILES string of the molecule is CCOC(=O)CCNC(=O)N(CC)CCC(=O)OCC. The molecule has 116 valence electrons. The molecule has 7 heteroatoms. The Morgan fingerprint density at radius 1 is 0.950 bits per heavy atom. The van der Waals surface area contributed by atoms with E-state index in [9.17, 15) is 14.4 Å². The van der Waals surface area contributed by atoms with Gasteiger partial charge in [0.05, 0.1) is 26.1 Å². The molecule has 0 fully saturated rings. The van der Waals surface area contributed by atoms with Gasteiger partial charge in [-0.15, -0.1) is 0 Å². The predicted molar refractivity (Wildman–Crippen MR) is 73.1 cm³/mol. The summed E-state index contributed by atoms with van der Waals surface area (Å²) >= 11 is 0. The summed E-state index contributed by atoms with van der Waals surface area (Å²) in [4.78, 5) is 35.6. The lowest BCUT2D eigenvalue weighted by atomic mass is 10.4. The number of esters is 2. The molecule has 0 rings (SSSR count). The zero-order chi connectivity index (χ0) is 15.4. The molecule has 2 amide bonds. The van der Waals surface area contributed by atoms with Crippen LogP contribution in [0.3, 0.4) is 0 Å². The lowest BCUT2D eigenvalue weighted by Crippen LogP contribution is -2.41. The lowest BCUT2D eigenvalue weighted by molar-refractivity contribution is -0.144. The monoisotopic (exact) mass is 288 g/mol. The number of urea groups is 1. The average Bonchev–Trinajstić information content (AvgIpc) is 2.40. The van der Waals surface area contributed by atoms with E-state index in [4.69, 9.17) is 9.47 Å². The molecule has 0 aromatic heterocycles. The number of hydrogen-bond acceptors (Lipinski definition) is 5. The summed E-state index contributed by atoms with van der Waals surface area (Å²) < 4.78 is 9.55. The van der Waals surface area contributed by atoms with Crippen LogP contribution >= 0.6 is 0 Å². The van der Waals surface area contributed by atoms with Gasteiger partial charge in [-0.3, -0.25) is 9.59 Å². The van der Waals surface area contributed by atoms with Gasteiger partial charge in [0.2, 0.25) is 0 Å². The Morgan fingerprint density at radius 2 is 1.50 bits per heavy atom. The summed E-state index contributed by atoms with van der Waals surface area (Å²) in [6, 6.07) is -0.305. The second-order valence-corrected chi connectivity index (χ2v) is 3.92. The minimum Gasteiger partial charge on any atom is -0.466 e. The largest absolute Gasteiger partial charge is 0.466 e. The lowest BCUT2D eigenvalue weighted by Gasteiger charge is -2.20. The number of amides is 2. The van der Waals surface area contributed by atoms with Crippen molar-refractivity contribution in [2.75, 3.05) is 32.8 Å². The molecule has 20 heavy (non-hydrogen) atoms. The predicted octanol–water partition coefficient (Wildman–Crippen LogP) is 0.924. The summed E-state index contributed by atoms with van der Waals surface area (Å²) in [7, 11) is 0. The Labute approximate surface area is 119 Å². The molecule has 0 bridgehead atoms. The fraction of sp³-hybridized carbons (Fsp3) is 0.769. The van der Waals surface area contributed by atoms with E-state index in [-0.39, 0.29) is 37.4 Å². The molecule has 0 aliphatic heterocycles. The van der Waals surface area contributed by atoms with Crippen LogP contribution in [0.15, 0.2) is 0 Å². The first-order chi connectivity index (χ1) is 9.54. The maximum Gasteiger partial charge on any atom is 0.317 e. The Morgan fingerprint density at radius 3 is 2.00 bits per heavy atom. The van der Waals surface area contributed by atoms with Gasteiger partial charge in [0.25, 0.3) is 0 Å². The van der Waals surface area contributed by atoms with E-state index in [1.54, 1.807) is 13.8 Å². The van der Waals surface area contributed by atoms with Crippen molar-refractivity contribution in [3.8, 4) is 0 Å². The second kappa shape index (κ2) is 11.1. The zero-order valence-electron chi connectivity index (χ0n) is 12.4. The summed E-state index contributed by atoms with van der Waals surface area (Å²) in [5.41, 5.74) is 0. The Bertz CT molecular complexity index is 320. The van der Waals surface area contributed by atoms with Crippen LogP contribution in [0.1, 0.15) is 33.6 Å². The topological polar surface area (TPSA) is 84.9 Å². The van der Waals surface area contributed by atoms with Crippen molar-refractivity contribution in [2.45, 2.75) is 33.6 Å². The molecular weight excluding hydrogens is 264 g/mol. The van der Waals surface area contributed by atoms with Crippen molar-refractivity contribution in [2.24, 2.45) is 0 Å². The van der Waals surface area contributed by atoms with E-state index in [2.05, 4.69) is 5.32 Å². The van der Waals surface area contributed by atoms with Crippen molar-refractivity contribution < 1.29 is 23.9 Å². The number of carbonyl (C=O) groups excluding carboxylic acids is 3. The zero-order valence-corrected chi connectivity index (χ0v) is 12.4. The summed E-state index contributed by atoms with van der Waals surface area (Å²) in [5.74, 6) is -0.673. The van der Waals surface area contributed by atoms with Gasteiger partial charge in [-0.1, -0.05) is 0 Å². The van der Waals surface area contributed by atoms with Crippen molar-refractivity contribution >= 4 is 18.0 Å². The van der Waals surface area contributed by atoms with Gasteiger partial charge in [-0.05, 0) is 20.8 Å². The molecular formula is C13H24N2O5. The van der Waals surface area contributed by atoms with Crippen molar-refractivity contribution in [3.05, 3.63) is 0 Å². The number of nitrogens with one attached hydrogen (secondary N) is 1.